The molecular weight excluding hydrogens is 391 g/mol. The Labute approximate surface area is 151 Å². The Morgan fingerprint density at radius 2 is 1.93 bits per heavy atom. The maximum absolute atomic E-state index is 12.5. The van der Waals surface area contributed by atoms with Crippen LogP contribution in [0.25, 0.3) is 0 Å². The van der Waals surface area contributed by atoms with Crippen molar-refractivity contribution in [1.29, 1.82) is 0 Å². The highest BCUT2D eigenvalue weighted by molar-refractivity contribution is 8.43. The molecular formula is C15H12F3N3O5S. The average Bonchev–Trinajstić information content (AvgIpc) is 2.60. The zero-order valence-electron chi connectivity index (χ0n) is 13.9. The van der Waals surface area contributed by atoms with Crippen molar-refractivity contribution in [3.05, 3.63) is 62.7 Å². The smallest absolute Gasteiger partial charge is 0.417 e. The van der Waals surface area contributed by atoms with E-state index in [9.17, 15) is 33.0 Å². The number of hydrogen-bond donors (Lipinski definition) is 0. The summed E-state index contributed by atoms with van der Waals surface area (Å²) in [6, 6.07) is 4.90. The Balaban J connectivity index is 2.39. The summed E-state index contributed by atoms with van der Waals surface area (Å²) in [4.78, 5) is 37.2. The molecule has 0 N–H and O–H groups in total. The van der Waals surface area contributed by atoms with Crippen molar-refractivity contribution < 1.29 is 27.6 Å². The summed E-state index contributed by atoms with van der Waals surface area (Å²) in [5.41, 5.74) is -1.90. The van der Waals surface area contributed by atoms with Gasteiger partial charge in [0.2, 0.25) is 11.0 Å². The van der Waals surface area contributed by atoms with E-state index in [-0.39, 0.29) is 17.2 Å². The van der Waals surface area contributed by atoms with Crippen LogP contribution in [0.1, 0.15) is 15.9 Å². The lowest BCUT2D eigenvalue weighted by Gasteiger charge is -2.19. The molecule has 12 heteroatoms. The van der Waals surface area contributed by atoms with Gasteiger partial charge in [-0.25, -0.2) is 4.98 Å². The first-order valence-electron chi connectivity index (χ1n) is 7.07. The van der Waals surface area contributed by atoms with Gasteiger partial charge in [0.05, 0.1) is 10.5 Å². The van der Waals surface area contributed by atoms with E-state index in [0.29, 0.717) is 6.20 Å². The fraction of sp³-hybridized carbons (Fsp3) is 0.200. The first kappa shape index (κ1) is 20.3. The Hall–Kier alpha value is -3.02. The predicted octanol–water partition coefficient (Wildman–Crippen LogP) is 4.69. The quantitative estimate of drug-likeness (QED) is 0.407. The average molecular weight is 403 g/mol. The Morgan fingerprint density at radius 1 is 1.26 bits per heavy atom. The summed E-state index contributed by atoms with van der Waals surface area (Å²) in [6.45, 7) is 0. The number of benzene rings is 1. The summed E-state index contributed by atoms with van der Waals surface area (Å²) >= 11 is 0. The molecule has 2 aromatic rings. The van der Waals surface area contributed by atoms with Gasteiger partial charge in [0.25, 0.3) is 5.69 Å². The first-order chi connectivity index (χ1) is 12.5. The number of hydrogen-bond acceptors (Lipinski definition) is 7. The third kappa shape index (κ3) is 4.58. The van der Waals surface area contributed by atoms with E-state index < -0.39 is 37.7 Å². The molecule has 0 amide bonds. The van der Waals surface area contributed by atoms with Gasteiger partial charge in [-0.05, 0) is 45.5 Å². The van der Waals surface area contributed by atoms with Crippen LogP contribution in [0.2, 0.25) is 0 Å². The maximum Gasteiger partial charge on any atom is 0.417 e. The van der Waals surface area contributed by atoms with Crippen LogP contribution in [0.5, 0.6) is 11.6 Å². The molecule has 144 valence electrons. The second-order valence-corrected chi connectivity index (χ2v) is 8.62. The number of nitrogens with zero attached hydrogens (tertiary/aromatic N) is 3. The highest BCUT2D eigenvalue weighted by Gasteiger charge is 2.32. The lowest BCUT2D eigenvalue weighted by Crippen LogP contribution is -2.10. The molecule has 1 aromatic carbocycles. The second-order valence-electron chi connectivity index (χ2n) is 5.56. The van der Waals surface area contributed by atoms with Gasteiger partial charge in [-0.15, -0.1) is 4.91 Å². The molecule has 1 heterocycles. The SMILES string of the molecule is CS(C)(N=O)C(=O)c1cc(Oc2ccc(C(F)(F)F)cn2)ccc1[N+](=O)[O-]. The first-order valence-corrected chi connectivity index (χ1v) is 9.48. The van der Waals surface area contributed by atoms with Crippen LogP contribution in [0, 0.1) is 15.0 Å². The number of pyridine rings is 1. The molecule has 0 atom stereocenters. The van der Waals surface area contributed by atoms with Crippen molar-refractivity contribution in [2.75, 3.05) is 12.5 Å². The molecule has 2 rings (SSSR count). The van der Waals surface area contributed by atoms with E-state index in [0.717, 1.165) is 30.3 Å². The molecule has 0 aliphatic heterocycles. The van der Waals surface area contributed by atoms with Crippen LogP contribution < -0.4 is 4.74 Å². The summed E-state index contributed by atoms with van der Waals surface area (Å²) in [5.74, 6) is -0.285. The molecule has 8 nitrogen and oxygen atoms in total. The van der Waals surface area contributed by atoms with Crippen LogP contribution in [0.15, 0.2) is 41.1 Å². The molecule has 1 aromatic heterocycles. The van der Waals surface area contributed by atoms with Gasteiger partial charge in [0, 0.05) is 18.3 Å². The standard InChI is InChI=1S/C15H12F3N3O5S/c1-27(2,20-23)14(22)11-7-10(4-5-12(11)21(24)25)26-13-6-3-9(8-19-13)15(16,17)18/h3-8H,1-2H3. The zero-order chi connectivity index (χ0) is 20.4. The number of rotatable bonds is 5. The molecule has 0 aliphatic carbocycles. The lowest BCUT2D eigenvalue weighted by atomic mass is 10.2. The molecule has 0 bridgehead atoms. The summed E-state index contributed by atoms with van der Waals surface area (Å²) in [5, 5.41) is 10.3. The lowest BCUT2D eigenvalue weighted by molar-refractivity contribution is -0.385. The number of nitro benzene ring substituents is 1. The van der Waals surface area contributed by atoms with Crippen molar-refractivity contribution >= 4 is 21.0 Å². The summed E-state index contributed by atoms with van der Waals surface area (Å²) in [7, 11) is -2.69. The van der Waals surface area contributed by atoms with Gasteiger partial charge in [0.15, 0.2) is 0 Å². The van der Waals surface area contributed by atoms with E-state index in [1.165, 1.54) is 12.5 Å². The Kier molecular flexibility index (Phi) is 5.49. The fourth-order valence-electron chi connectivity index (χ4n) is 1.93. The van der Waals surface area contributed by atoms with Crippen LogP contribution in [-0.2, 0) is 6.18 Å². The van der Waals surface area contributed by atoms with Gasteiger partial charge < -0.3 is 4.74 Å². The van der Waals surface area contributed by atoms with Crippen molar-refractivity contribution in [3.8, 4) is 11.6 Å². The molecule has 0 fully saturated rings. The van der Waals surface area contributed by atoms with E-state index in [2.05, 4.69) is 9.57 Å². The van der Waals surface area contributed by atoms with Crippen molar-refractivity contribution in [3.63, 3.8) is 0 Å². The number of nitroso groups, excluding NO2 is 1. The summed E-state index contributed by atoms with van der Waals surface area (Å²) < 4.78 is 45.6. The monoisotopic (exact) mass is 403 g/mol. The number of halogens is 3. The van der Waals surface area contributed by atoms with Gasteiger partial charge in [0.1, 0.15) is 11.3 Å². The number of alkyl halides is 3. The summed E-state index contributed by atoms with van der Waals surface area (Å²) in [6.07, 6.45) is -1.45. The van der Waals surface area contributed by atoms with Crippen LogP contribution in [0.3, 0.4) is 0 Å². The Morgan fingerprint density at radius 3 is 2.41 bits per heavy atom. The van der Waals surface area contributed by atoms with Gasteiger partial charge >= 0.3 is 6.18 Å². The van der Waals surface area contributed by atoms with Gasteiger partial charge in [-0.1, -0.05) is 0 Å². The van der Waals surface area contributed by atoms with Gasteiger partial charge in [-0.2, -0.15) is 13.2 Å². The Bertz CT molecular complexity index is 901. The van der Waals surface area contributed by atoms with Crippen molar-refractivity contribution in [2.45, 2.75) is 6.18 Å². The minimum Gasteiger partial charge on any atom is -0.439 e. The molecule has 0 saturated heterocycles. The van der Waals surface area contributed by atoms with Crippen LogP contribution in [0.4, 0.5) is 18.9 Å². The van der Waals surface area contributed by atoms with Crippen molar-refractivity contribution in [2.24, 2.45) is 4.58 Å². The topological polar surface area (TPSA) is 112 Å². The fourth-order valence-corrected chi connectivity index (χ4v) is 2.70. The van der Waals surface area contributed by atoms with E-state index in [1.807, 2.05) is 0 Å². The minimum atomic E-state index is -4.56. The normalized spacial score (nSPS) is 12.3. The molecule has 0 spiro atoms. The molecule has 0 aliphatic rings. The third-order valence-electron chi connectivity index (χ3n) is 3.31. The molecule has 0 unspecified atom stereocenters. The highest BCUT2D eigenvalue weighted by atomic mass is 32.3. The van der Waals surface area contributed by atoms with Gasteiger partial charge in [-0.3, -0.25) is 14.9 Å². The van der Waals surface area contributed by atoms with Crippen LogP contribution >= 0.6 is 10.2 Å². The molecule has 0 saturated carbocycles. The number of carbonyl (C=O) groups is 1. The van der Waals surface area contributed by atoms with E-state index >= 15 is 0 Å². The molecule has 27 heavy (non-hydrogen) atoms. The highest BCUT2D eigenvalue weighted by Crippen LogP contribution is 2.46. The maximum atomic E-state index is 12.5. The van der Waals surface area contributed by atoms with Crippen molar-refractivity contribution in [1.82, 2.24) is 4.98 Å². The second kappa shape index (κ2) is 7.31. The number of ether oxygens (including phenoxy) is 1. The largest absolute Gasteiger partial charge is 0.439 e. The number of aromatic nitrogens is 1. The number of nitro groups is 1. The third-order valence-corrected chi connectivity index (χ3v) is 4.81. The van der Waals surface area contributed by atoms with Crippen LogP contribution in [-0.4, -0.2) is 27.5 Å². The molecule has 0 radical (unpaired) electrons. The van der Waals surface area contributed by atoms with E-state index in [1.54, 1.807) is 0 Å². The minimum absolute atomic E-state index is 0.0719. The number of carbonyl (C=O) groups excluding carboxylic acids is 1. The van der Waals surface area contributed by atoms with E-state index in [4.69, 9.17) is 4.74 Å². The zero-order valence-corrected chi connectivity index (χ0v) is 14.7. The predicted molar refractivity (Wildman–Crippen MR) is 92.0 cm³/mol.